The van der Waals surface area contributed by atoms with E-state index in [1.54, 1.807) is 10.7 Å². The van der Waals surface area contributed by atoms with Gasteiger partial charge in [-0.05, 0) is 24.1 Å². The van der Waals surface area contributed by atoms with Crippen LogP contribution >= 0.6 is 0 Å². The molecule has 0 amide bonds. The quantitative estimate of drug-likeness (QED) is 0.542. The van der Waals surface area contributed by atoms with E-state index in [1.807, 2.05) is 48.7 Å². The van der Waals surface area contributed by atoms with Gasteiger partial charge in [0.15, 0.2) is 5.65 Å². The number of rotatable bonds is 0. The van der Waals surface area contributed by atoms with Crippen molar-refractivity contribution in [2.45, 2.75) is 0 Å². The molecule has 0 bridgehead atoms. The van der Waals surface area contributed by atoms with E-state index in [2.05, 4.69) is 21.9 Å². The van der Waals surface area contributed by atoms with Gasteiger partial charge in [0.05, 0.1) is 6.20 Å². The summed E-state index contributed by atoms with van der Waals surface area (Å²) in [5.41, 5.74) is 2.55. The molecule has 17 heavy (non-hydrogen) atoms. The number of nitrogens with zero attached hydrogens (tertiary/aromatic N) is 3. The Hall–Kier alpha value is -2.60. The third-order valence-electron chi connectivity index (χ3n) is 2.37. The minimum atomic E-state index is 0.752. The van der Waals surface area contributed by atoms with Crippen LogP contribution in [0.4, 0.5) is 0 Å². The van der Waals surface area contributed by atoms with Gasteiger partial charge < -0.3 is 0 Å². The summed E-state index contributed by atoms with van der Waals surface area (Å²) in [5.74, 6) is 6.12. The zero-order valence-corrected chi connectivity index (χ0v) is 9.04. The lowest BCUT2D eigenvalue weighted by Crippen LogP contribution is -1.91. The van der Waals surface area contributed by atoms with Gasteiger partial charge >= 0.3 is 0 Å². The van der Waals surface area contributed by atoms with E-state index in [1.165, 1.54) is 0 Å². The topological polar surface area (TPSA) is 30.2 Å². The number of fused-ring (bicyclic) bond motifs is 1. The Morgan fingerprint density at radius 3 is 2.71 bits per heavy atom. The molecule has 2 aromatic heterocycles. The molecule has 1 aromatic carbocycles. The maximum absolute atomic E-state index is 4.38. The molecule has 0 saturated heterocycles. The minimum Gasteiger partial charge on any atom is -0.223 e. The molecule has 80 valence electrons. The van der Waals surface area contributed by atoms with Gasteiger partial charge in [0.2, 0.25) is 0 Å². The van der Waals surface area contributed by atoms with E-state index in [0.29, 0.717) is 0 Å². The monoisotopic (exact) mass is 219 g/mol. The molecule has 3 aromatic rings. The third-order valence-corrected chi connectivity index (χ3v) is 2.37. The third kappa shape index (κ3) is 2.01. The summed E-state index contributed by atoms with van der Waals surface area (Å²) in [6.45, 7) is 0. The lowest BCUT2D eigenvalue weighted by Gasteiger charge is -1.92. The van der Waals surface area contributed by atoms with Crippen molar-refractivity contribution in [2.75, 3.05) is 0 Å². The van der Waals surface area contributed by atoms with Crippen LogP contribution in [0.2, 0.25) is 0 Å². The van der Waals surface area contributed by atoms with Gasteiger partial charge in [-0.1, -0.05) is 24.1 Å². The first-order valence-electron chi connectivity index (χ1n) is 5.29. The van der Waals surface area contributed by atoms with Gasteiger partial charge in [0.1, 0.15) is 5.69 Å². The Morgan fingerprint density at radius 1 is 0.941 bits per heavy atom. The fourth-order valence-electron chi connectivity index (χ4n) is 1.54. The van der Waals surface area contributed by atoms with Crippen LogP contribution < -0.4 is 0 Å². The highest BCUT2D eigenvalue weighted by molar-refractivity contribution is 5.44. The highest BCUT2D eigenvalue weighted by Crippen LogP contribution is 2.00. The molecule has 3 heteroatoms. The van der Waals surface area contributed by atoms with Crippen LogP contribution in [0.25, 0.3) is 5.65 Å². The van der Waals surface area contributed by atoms with E-state index >= 15 is 0 Å². The molecule has 0 aliphatic heterocycles. The van der Waals surface area contributed by atoms with Crippen molar-refractivity contribution in [3.63, 3.8) is 0 Å². The zero-order valence-electron chi connectivity index (χ0n) is 9.04. The fourth-order valence-corrected chi connectivity index (χ4v) is 1.54. The van der Waals surface area contributed by atoms with Crippen molar-refractivity contribution >= 4 is 5.65 Å². The average Bonchev–Trinajstić information content (AvgIpc) is 2.85. The standard InChI is InChI=1S/C14H9N3/c1-2-4-12(5-3-1)6-7-13-9-11-17-14(16-13)8-10-15-17/h1-5,8-11H. The summed E-state index contributed by atoms with van der Waals surface area (Å²) in [5, 5.41) is 4.08. The van der Waals surface area contributed by atoms with Gasteiger partial charge in [-0.2, -0.15) is 5.10 Å². The lowest BCUT2D eigenvalue weighted by molar-refractivity contribution is 0.936. The van der Waals surface area contributed by atoms with Gasteiger partial charge in [-0.25, -0.2) is 9.50 Å². The summed E-state index contributed by atoms with van der Waals surface area (Å²) in [4.78, 5) is 4.38. The number of benzene rings is 1. The predicted molar refractivity (Wildman–Crippen MR) is 65.4 cm³/mol. The first-order chi connectivity index (χ1) is 8.42. The Balaban J connectivity index is 1.97. The van der Waals surface area contributed by atoms with Crippen molar-refractivity contribution in [3.8, 4) is 11.8 Å². The summed E-state index contributed by atoms with van der Waals surface area (Å²) in [6.07, 6.45) is 3.58. The number of hydrogen-bond acceptors (Lipinski definition) is 2. The second kappa shape index (κ2) is 4.11. The molecular formula is C14H9N3. The normalized spacial score (nSPS) is 9.88. The van der Waals surface area contributed by atoms with Gasteiger partial charge in [0.25, 0.3) is 0 Å². The van der Waals surface area contributed by atoms with Gasteiger partial charge in [0, 0.05) is 17.8 Å². The van der Waals surface area contributed by atoms with E-state index in [-0.39, 0.29) is 0 Å². The lowest BCUT2D eigenvalue weighted by atomic mass is 10.2. The molecule has 0 saturated carbocycles. The van der Waals surface area contributed by atoms with E-state index in [4.69, 9.17) is 0 Å². The summed E-state index contributed by atoms with van der Waals surface area (Å²) < 4.78 is 1.72. The first kappa shape index (κ1) is 9.61. The molecule has 0 radical (unpaired) electrons. The Labute approximate surface area is 98.7 Å². The van der Waals surface area contributed by atoms with Crippen LogP contribution in [-0.2, 0) is 0 Å². The molecule has 0 spiro atoms. The Kier molecular flexibility index (Phi) is 2.32. The molecule has 0 N–H and O–H groups in total. The van der Waals surface area contributed by atoms with Gasteiger partial charge in [-0.3, -0.25) is 0 Å². The first-order valence-corrected chi connectivity index (χ1v) is 5.29. The number of hydrogen-bond donors (Lipinski definition) is 0. The molecule has 0 aliphatic rings. The van der Waals surface area contributed by atoms with Crippen LogP contribution in [0.15, 0.2) is 54.9 Å². The smallest absolute Gasteiger partial charge is 0.156 e. The maximum Gasteiger partial charge on any atom is 0.156 e. The van der Waals surface area contributed by atoms with E-state index < -0.39 is 0 Å². The molecule has 0 fully saturated rings. The van der Waals surface area contributed by atoms with E-state index in [0.717, 1.165) is 16.9 Å². The Morgan fingerprint density at radius 2 is 1.82 bits per heavy atom. The van der Waals surface area contributed by atoms with Crippen LogP contribution in [0.3, 0.4) is 0 Å². The van der Waals surface area contributed by atoms with Crippen molar-refractivity contribution in [3.05, 3.63) is 66.1 Å². The van der Waals surface area contributed by atoms with E-state index in [9.17, 15) is 0 Å². The summed E-state index contributed by atoms with van der Waals surface area (Å²) >= 11 is 0. The van der Waals surface area contributed by atoms with Crippen LogP contribution in [0.1, 0.15) is 11.3 Å². The maximum atomic E-state index is 4.38. The minimum absolute atomic E-state index is 0.752. The molecular weight excluding hydrogens is 210 g/mol. The summed E-state index contributed by atoms with van der Waals surface area (Å²) in [7, 11) is 0. The largest absolute Gasteiger partial charge is 0.223 e. The average molecular weight is 219 g/mol. The predicted octanol–water partition coefficient (Wildman–Crippen LogP) is 2.13. The van der Waals surface area contributed by atoms with Crippen molar-refractivity contribution in [2.24, 2.45) is 0 Å². The zero-order chi connectivity index (χ0) is 11.5. The Bertz CT molecular complexity index is 702. The molecule has 3 rings (SSSR count). The molecule has 0 atom stereocenters. The summed E-state index contributed by atoms with van der Waals surface area (Å²) in [6, 6.07) is 13.6. The highest BCUT2D eigenvalue weighted by atomic mass is 15.2. The van der Waals surface area contributed by atoms with Crippen molar-refractivity contribution in [1.82, 2.24) is 14.6 Å². The second-order valence-corrected chi connectivity index (χ2v) is 3.56. The van der Waals surface area contributed by atoms with Crippen LogP contribution in [0, 0.1) is 11.8 Å². The number of aromatic nitrogens is 3. The van der Waals surface area contributed by atoms with Crippen LogP contribution in [-0.4, -0.2) is 14.6 Å². The highest BCUT2D eigenvalue weighted by Gasteiger charge is 1.94. The molecule has 0 aliphatic carbocycles. The SMILES string of the molecule is C(#Cc1ccn2nccc2n1)c1ccccc1. The molecule has 0 unspecified atom stereocenters. The molecule has 3 nitrogen and oxygen atoms in total. The fraction of sp³-hybridized carbons (Fsp3) is 0. The molecule has 2 heterocycles. The van der Waals surface area contributed by atoms with Crippen molar-refractivity contribution in [1.29, 1.82) is 0 Å². The second-order valence-electron chi connectivity index (χ2n) is 3.56. The van der Waals surface area contributed by atoms with Crippen molar-refractivity contribution < 1.29 is 0 Å². The van der Waals surface area contributed by atoms with Crippen LogP contribution in [0.5, 0.6) is 0 Å². The van der Waals surface area contributed by atoms with Gasteiger partial charge in [-0.15, -0.1) is 0 Å².